The van der Waals surface area contributed by atoms with Crippen molar-refractivity contribution in [2.24, 2.45) is 0 Å². The van der Waals surface area contributed by atoms with E-state index in [9.17, 15) is 18.4 Å². The van der Waals surface area contributed by atoms with Gasteiger partial charge in [-0.1, -0.05) is 42.5 Å². The first kappa shape index (κ1) is 24.1. The van der Waals surface area contributed by atoms with E-state index in [2.05, 4.69) is 15.1 Å². The molecule has 0 saturated carbocycles. The molecule has 0 atom stereocenters. The first-order valence-electron chi connectivity index (χ1n) is 12.3. The number of amides is 1. The van der Waals surface area contributed by atoms with E-state index in [1.165, 1.54) is 24.3 Å². The molecule has 0 aliphatic carbocycles. The van der Waals surface area contributed by atoms with E-state index < -0.39 is 11.5 Å². The van der Waals surface area contributed by atoms with Gasteiger partial charge >= 0.3 is 0 Å². The van der Waals surface area contributed by atoms with Crippen LogP contribution in [0, 0.1) is 11.6 Å². The van der Waals surface area contributed by atoms with Gasteiger partial charge in [0.15, 0.2) is 0 Å². The predicted molar refractivity (Wildman–Crippen MR) is 135 cm³/mol. The highest BCUT2D eigenvalue weighted by Gasteiger charge is 2.50. The quantitative estimate of drug-likeness (QED) is 0.532. The van der Waals surface area contributed by atoms with E-state index in [0.29, 0.717) is 56.7 Å². The van der Waals surface area contributed by atoms with Crippen LogP contribution in [-0.2, 0) is 9.59 Å². The van der Waals surface area contributed by atoms with E-state index in [4.69, 9.17) is 0 Å². The zero-order valence-corrected chi connectivity index (χ0v) is 20.0. The van der Waals surface area contributed by atoms with E-state index in [-0.39, 0.29) is 23.3 Å². The number of Topliss-reactive ketones (excluding diaryl/α,β-unsaturated/α-hetero) is 1. The van der Waals surface area contributed by atoms with Crippen molar-refractivity contribution >= 4 is 17.4 Å². The monoisotopic (exact) mass is 489 g/mol. The van der Waals surface area contributed by atoms with Crippen LogP contribution < -0.4 is 10.2 Å². The fourth-order valence-corrected chi connectivity index (χ4v) is 5.47. The second kappa shape index (κ2) is 10.2. The molecule has 3 aromatic carbocycles. The molecule has 5 nitrogen and oxygen atoms in total. The standard InChI is InChI=1S/C29H29F2N3O2/c30-23-10-6-21(7-11-23)27(22-8-12-24(31)13-9-22)26(35)14-17-33-18-15-29(16-19-33)28(36)32-20-34(29)25-4-2-1-3-5-25/h1-13,27H,14-20H2,(H,32,36). The molecule has 2 heterocycles. The molecule has 0 unspecified atom stereocenters. The minimum Gasteiger partial charge on any atom is -0.339 e. The van der Waals surface area contributed by atoms with Crippen LogP contribution in [0.2, 0.25) is 0 Å². The van der Waals surface area contributed by atoms with Crippen molar-refractivity contribution in [3.05, 3.63) is 102 Å². The molecular formula is C29H29F2N3O2. The van der Waals surface area contributed by atoms with Gasteiger partial charge in [0.2, 0.25) is 5.91 Å². The summed E-state index contributed by atoms with van der Waals surface area (Å²) in [5, 5.41) is 3.01. The second-order valence-electron chi connectivity index (χ2n) is 9.55. The highest BCUT2D eigenvalue weighted by atomic mass is 19.1. The van der Waals surface area contributed by atoms with Gasteiger partial charge in [-0.05, 0) is 60.4 Å². The molecule has 5 rings (SSSR count). The number of carbonyl (C=O) groups is 2. The Morgan fingerprint density at radius 2 is 1.42 bits per heavy atom. The molecule has 1 amide bonds. The highest BCUT2D eigenvalue weighted by Crippen LogP contribution is 2.36. The van der Waals surface area contributed by atoms with E-state index in [1.807, 2.05) is 30.3 Å². The first-order valence-corrected chi connectivity index (χ1v) is 12.3. The lowest BCUT2D eigenvalue weighted by atomic mass is 9.84. The van der Waals surface area contributed by atoms with E-state index >= 15 is 0 Å². The van der Waals surface area contributed by atoms with Crippen molar-refractivity contribution in [2.45, 2.75) is 30.7 Å². The Morgan fingerprint density at radius 3 is 1.97 bits per heavy atom. The number of nitrogens with one attached hydrogen (secondary N) is 1. The van der Waals surface area contributed by atoms with Crippen LogP contribution in [0.1, 0.15) is 36.3 Å². The number of para-hydroxylation sites is 1. The number of halogens is 2. The SMILES string of the molecule is O=C(CCN1CCC2(CC1)C(=O)NCN2c1ccccc1)C(c1ccc(F)cc1)c1ccc(F)cc1. The van der Waals surface area contributed by atoms with Gasteiger partial charge in [0.1, 0.15) is 23.0 Å². The molecule has 2 aliphatic heterocycles. The van der Waals surface area contributed by atoms with Crippen LogP contribution in [-0.4, -0.2) is 48.4 Å². The number of benzene rings is 3. The largest absolute Gasteiger partial charge is 0.339 e. The second-order valence-corrected chi connectivity index (χ2v) is 9.55. The minimum atomic E-state index is -0.587. The Kier molecular flexibility index (Phi) is 6.83. The average molecular weight is 490 g/mol. The van der Waals surface area contributed by atoms with Crippen molar-refractivity contribution in [3.8, 4) is 0 Å². The molecule has 1 N–H and O–H groups in total. The molecule has 186 valence electrons. The summed E-state index contributed by atoms with van der Waals surface area (Å²) in [6.45, 7) is 2.49. The summed E-state index contributed by atoms with van der Waals surface area (Å²) in [4.78, 5) is 30.7. The Balaban J connectivity index is 1.26. The Bertz CT molecular complexity index is 1160. The van der Waals surface area contributed by atoms with Crippen LogP contribution in [0.5, 0.6) is 0 Å². The third kappa shape index (κ3) is 4.75. The Hall–Kier alpha value is -3.58. The fourth-order valence-electron chi connectivity index (χ4n) is 5.47. The summed E-state index contributed by atoms with van der Waals surface area (Å²) in [5.74, 6) is -1.26. The maximum absolute atomic E-state index is 13.5. The average Bonchev–Trinajstić information content (AvgIpc) is 3.21. The number of likely N-dealkylation sites (tertiary alicyclic amines) is 1. The molecular weight excluding hydrogens is 460 g/mol. The third-order valence-electron chi connectivity index (χ3n) is 7.49. The predicted octanol–water partition coefficient (Wildman–Crippen LogP) is 4.48. The Labute approximate surface area is 209 Å². The van der Waals surface area contributed by atoms with Crippen molar-refractivity contribution in [3.63, 3.8) is 0 Å². The molecule has 0 aromatic heterocycles. The summed E-state index contributed by atoms with van der Waals surface area (Å²) in [6.07, 6.45) is 1.67. The van der Waals surface area contributed by atoms with Crippen molar-refractivity contribution in [2.75, 3.05) is 31.2 Å². The van der Waals surface area contributed by atoms with Gasteiger partial charge in [-0.3, -0.25) is 9.59 Å². The maximum Gasteiger partial charge on any atom is 0.247 e. The highest BCUT2D eigenvalue weighted by molar-refractivity contribution is 5.93. The van der Waals surface area contributed by atoms with E-state index in [0.717, 1.165) is 5.69 Å². The molecule has 1 spiro atoms. The van der Waals surface area contributed by atoms with E-state index in [1.54, 1.807) is 24.3 Å². The van der Waals surface area contributed by atoms with Crippen molar-refractivity contribution < 1.29 is 18.4 Å². The van der Waals surface area contributed by atoms with Crippen LogP contribution >= 0.6 is 0 Å². The number of carbonyl (C=O) groups excluding carboxylic acids is 2. The van der Waals surface area contributed by atoms with Crippen LogP contribution in [0.4, 0.5) is 14.5 Å². The smallest absolute Gasteiger partial charge is 0.247 e. The lowest BCUT2D eigenvalue weighted by molar-refractivity contribution is -0.125. The first-order chi connectivity index (χ1) is 17.5. The minimum absolute atomic E-state index is 0.00183. The fraction of sp³-hybridized carbons (Fsp3) is 0.310. The summed E-state index contributed by atoms with van der Waals surface area (Å²) in [6, 6.07) is 21.8. The Morgan fingerprint density at radius 1 is 0.861 bits per heavy atom. The number of hydrogen-bond acceptors (Lipinski definition) is 4. The molecule has 2 saturated heterocycles. The summed E-state index contributed by atoms with van der Waals surface area (Å²) in [5.41, 5.74) is 1.84. The molecule has 2 fully saturated rings. The van der Waals surface area contributed by atoms with Crippen molar-refractivity contribution in [1.29, 1.82) is 0 Å². The molecule has 7 heteroatoms. The van der Waals surface area contributed by atoms with Crippen LogP contribution in [0.15, 0.2) is 78.9 Å². The van der Waals surface area contributed by atoms with Gasteiger partial charge in [0.05, 0.1) is 12.6 Å². The van der Waals surface area contributed by atoms with Gasteiger partial charge < -0.3 is 15.1 Å². The molecule has 3 aromatic rings. The number of anilines is 1. The molecule has 2 aliphatic rings. The molecule has 36 heavy (non-hydrogen) atoms. The maximum atomic E-state index is 13.5. The normalized spacial score (nSPS) is 17.5. The van der Waals surface area contributed by atoms with Crippen molar-refractivity contribution in [1.82, 2.24) is 10.2 Å². The number of ketones is 1. The zero-order valence-electron chi connectivity index (χ0n) is 20.0. The zero-order chi connectivity index (χ0) is 25.1. The van der Waals surface area contributed by atoms with Gasteiger partial charge in [0.25, 0.3) is 0 Å². The topological polar surface area (TPSA) is 52.7 Å². The lowest BCUT2D eigenvalue weighted by Gasteiger charge is -2.43. The number of rotatable bonds is 7. The number of piperidine rings is 1. The summed E-state index contributed by atoms with van der Waals surface area (Å²) in [7, 11) is 0. The van der Waals surface area contributed by atoms with Crippen LogP contribution in [0.25, 0.3) is 0 Å². The number of hydrogen-bond donors (Lipinski definition) is 1. The van der Waals surface area contributed by atoms with Gasteiger partial charge in [-0.25, -0.2) is 8.78 Å². The number of nitrogens with zero attached hydrogens (tertiary/aromatic N) is 2. The van der Waals surface area contributed by atoms with Crippen LogP contribution in [0.3, 0.4) is 0 Å². The summed E-state index contributed by atoms with van der Waals surface area (Å²) < 4.78 is 27.0. The molecule has 0 bridgehead atoms. The van der Waals surface area contributed by atoms with Gasteiger partial charge in [-0.2, -0.15) is 0 Å². The van der Waals surface area contributed by atoms with Gasteiger partial charge in [0, 0.05) is 31.7 Å². The molecule has 0 radical (unpaired) electrons. The van der Waals surface area contributed by atoms with Gasteiger partial charge in [-0.15, -0.1) is 0 Å². The lowest BCUT2D eigenvalue weighted by Crippen LogP contribution is -2.56. The summed E-state index contributed by atoms with van der Waals surface area (Å²) >= 11 is 0. The third-order valence-corrected chi connectivity index (χ3v) is 7.49.